The normalized spacial score (nSPS) is 11.6. The van der Waals surface area contributed by atoms with Gasteiger partial charge < -0.3 is 4.90 Å². The lowest BCUT2D eigenvalue weighted by Gasteiger charge is -2.21. The maximum Gasteiger partial charge on any atom is 0.245 e. The molecule has 0 aromatic heterocycles. The SMILES string of the molecule is C#CCN(CC)C(=O)C(Cl)c1ccccc1. The van der Waals surface area contributed by atoms with Gasteiger partial charge in [0.15, 0.2) is 0 Å². The zero-order valence-corrected chi connectivity index (χ0v) is 9.95. The summed E-state index contributed by atoms with van der Waals surface area (Å²) >= 11 is 6.11. The molecule has 1 atom stereocenters. The summed E-state index contributed by atoms with van der Waals surface area (Å²) in [6, 6.07) is 9.26. The van der Waals surface area contributed by atoms with Crippen LogP contribution in [-0.2, 0) is 4.79 Å². The Kier molecular flexibility index (Phi) is 4.88. The van der Waals surface area contributed by atoms with Crippen molar-refractivity contribution in [3.63, 3.8) is 0 Å². The number of halogens is 1. The Labute approximate surface area is 101 Å². The molecule has 0 heterocycles. The first-order valence-electron chi connectivity index (χ1n) is 5.12. The van der Waals surface area contributed by atoms with E-state index < -0.39 is 5.38 Å². The molecule has 2 nitrogen and oxygen atoms in total. The van der Waals surface area contributed by atoms with E-state index in [1.807, 2.05) is 37.3 Å². The Bertz CT molecular complexity index is 383. The van der Waals surface area contributed by atoms with Gasteiger partial charge >= 0.3 is 0 Å². The molecule has 0 spiro atoms. The van der Waals surface area contributed by atoms with Crippen molar-refractivity contribution in [2.24, 2.45) is 0 Å². The summed E-state index contributed by atoms with van der Waals surface area (Å²) < 4.78 is 0. The van der Waals surface area contributed by atoms with Crippen molar-refractivity contribution in [1.82, 2.24) is 4.90 Å². The molecule has 1 rings (SSSR count). The minimum absolute atomic E-state index is 0.145. The Morgan fingerprint density at radius 1 is 1.50 bits per heavy atom. The second-order valence-corrected chi connectivity index (χ2v) is 3.77. The first-order chi connectivity index (χ1) is 7.70. The number of amides is 1. The van der Waals surface area contributed by atoms with Crippen LogP contribution in [0.25, 0.3) is 0 Å². The van der Waals surface area contributed by atoms with Crippen LogP contribution in [-0.4, -0.2) is 23.9 Å². The van der Waals surface area contributed by atoms with Crippen molar-refractivity contribution in [3.8, 4) is 12.3 Å². The third kappa shape index (κ3) is 3.01. The molecule has 0 N–H and O–H groups in total. The first-order valence-corrected chi connectivity index (χ1v) is 5.55. The van der Waals surface area contributed by atoms with E-state index in [4.69, 9.17) is 18.0 Å². The molecule has 1 amide bonds. The van der Waals surface area contributed by atoms with Crippen molar-refractivity contribution in [3.05, 3.63) is 35.9 Å². The number of rotatable bonds is 4. The molecule has 1 aromatic carbocycles. The van der Waals surface area contributed by atoms with Gasteiger partial charge in [-0.3, -0.25) is 4.79 Å². The molecule has 0 aliphatic rings. The molecular weight excluding hydrogens is 222 g/mol. The average molecular weight is 236 g/mol. The molecule has 84 valence electrons. The fraction of sp³-hybridized carbons (Fsp3) is 0.308. The fourth-order valence-electron chi connectivity index (χ4n) is 1.38. The number of nitrogens with zero attached hydrogens (tertiary/aromatic N) is 1. The van der Waals surface area contributed by atoms with Crippen LogP contribution in [0.15, 0.2) is 30.3 Å². The number of carbonyl (C=O) groups is 1. The lowest BCUT2D eigenvalue weighted by atomic mass is 10.1. The largest absolute Gasteiger partial charge is 0.330 e. The number of hydrogen-bond donors (Lipinski definition) is 0. The minimum atomic E-state index is -0.658. The molecule has 0 fully saturated rings. The summed E-state index contributed by atoms with van der Waals surface area (Å²) in [5.74, 6) is 2.31. The number of terminal acetylenes is 1. The van der Waals surface area contributed by atoms with Crippen LogP contribution in [0.1, 0.15) is 17.9 Å². The van der Waals surface area contributed by atoms with Crippen LogP contribution in [0.5, 0.6) is 0 Å². The Hall–Kier alpha value is -1.46. The molecule has 1 unspecified atom stereocenters. The van der Waals surface area contributed by atoms with E-state index in [1.54, 1.807) is 4.90 Å². The molecule has 0 aliphatic heterocycles. The van der Waals surface area contributed by atoms with Crippen molar-refractivity contribution >= 4 is 17.5 Å². The monoisotopic (exact) mass is 235 g/mol. The van der Waals surface area contributed by atoms with E-state index in [-0.39, 0.29) is 5.91 Å². The Morgan fingerprint density at radius 2 is 2.12 bits per heavy atom. The summed E-state index contributed by atoms with van der Waals surface area (Å²) in [6.07, 6.45) is 5.19. The molecule has 3 heteroatoms. The van der Waals surface area contributed by atoms with Gasteiger partial charge in [0, 0.05) is 6.54 Å². The van der Waals surface area contributed by atoms with E-state index in [2.05, 4.69) is 5.92 Å². The van der Waals surface area contributed by atoms with Gasteiger partial charge in [0.25, 0.3) is 0 Å². The molecule has 16 heavy (non-hydrogen) atoms. The van der Waals surface area contributed by atoms with Gasteiger partial charge in [-0.05, 0) is 12.5 Å². The first kappa shape index (κ1) is 12.6. The third-order valence-electron chi connectivity index (χ3n) is 2.28. The number of carbonyl (C=O) groups excluding carboxylic acids is 1. The maximum atomic E-state index is 12.0. The highest BCUT2D eigenvalue weighted by atomic mass is 35.5. The van der Waals surface area contributed by atoms with E-state index in [1.165, 1.54) is 0 Å². The maximum absolute atomic E-state index is 12.0. The second-order valence-electron chi connectivity index (χ2n) is 3.33. The summed E-state index contributed by atoms with van der Waals surface area (Å²) in [6.45, 7) is 2.74. The molecule has 0 aliphatic carbocycles. The van der Waals surface area contributed by atoms with Gasteiger partial charge in [-0.25, -0.2) is 0 Å². The van der Waals surface area contributed by atoms with Crippen molar-refractivity contribution in [1.29, 1.82) is 0 Å². The predicted molar refractivity (Wildman–Crippen MR) is 66.1 cm³/mol. The van der Waals surface area contributed by atoms with E-state index in [0.717, 1.165) is 5.56 Å². The third-order valence-corrected chi connectivity index (χ3v) is 2.72. The standard InChI is InChI=1S/C13H14ClNO/c1-3-10-15(4-2)13(16)12(14)11-8-6-5-7-9-11/h1,5-9,12H,4,10H2,2H3. The lowest BCUT2D eigenvalue weighted by Crippen LogP contribution is -2.33. The number of hydrogen-bond acceptors (Lipinski definition) is 1. The number of likely N-dealkylation sites (N-methyl/N-ethyl adjacent to an activating group) is 1. The van der Waals surface area contributed by atoms with Crippen LogP contribution >= 0.6 is 11.6 Å². The minimum Gasteiger partial charge on any atom is -0.330 e. The highest BCUT2D eigenvalue weighted by Gasteiger charge is 2.21. The van der Waals surface area contributed by atoms with E-state index in [0.29, 0.717) is 13.1 Å². The van der Waals surface area contributed by atoms with Gasteiger partial charge in [0.05, 0.1) is 6.54 Å². The molecule has 0 radical (unpaired) electrons. The topological polar surface area (TPSA) is 20.3 Å². The van der Waals surface area contributed by atoms with Crippen molar-refractivity contribution < 1.29 is 4.79 Å². The van der Waals surface area contributed by atoms with Crippen LogP contribution < -0.4 is 0 Å². The van der Waals surface area contributed by atoms with Crippen LogP contribution in [0, 0.1) is 12.3 Å². The lowest BCUT2D eigenvalue weighted by molar-refractivity contribution is -0.130. The zero-order chi connectivity index (χ0) is 12.0. The van der Waals surface area contributed by atoms with Gasteiger partial charge in [-0.2, -0.15) is 0 Å². The van der Waals surface area contributed by atoms with Crippen LogP contribution in [0.2, 0.25) is 0 Å². The number of benzene rings is 1. The summed E-state index contributed by atoms with van der Waals surface area (Å²) in [5, 5.41) is -0.658. The van der Waals surface area contributed by atoms with Crippen LogP contribution in [0.4, 0.5) is 0 Å². The van der Waals surface area contributed by atoms with E-state index in [9.17, 15) is 4.79 Å². The Morgan fingerprint density at radius 3 is 2.62 bits per heavy atom. The quantitative estimate of drug-likeness (QED) is 0.580. The number of alkyl halides is 1. The van der Waals surface area contributed by atoms with Gasteiger partial charge in [0.2, 0.25) is 5.91 Å². The van der Waals surface area contributed by atoms with Gasteiger partial charge in [-0.15, -0.1) is 18.0 Å². The van der Waals surface area contributed by atoms with Gasteiger partial charge in [-0.1, -0.05) is 36.3 Å². The Balaban J connectivity index is 2.78. The zero-order valence-electron chi connectivity index (χ0n) is 9.19. The average Bonchev–Trinajstić information content (AvgIpc) is 2.35. The van der Waals surface area contributed by atoms with E-state index >= 15 is 0 Å². The summed E-state index contributed by atoms with van der Waals surface area (Å²) in [4.78, 5) is 13.5. The van der Waals surface area contributed by atoms with Crippen molar-refractivity contribution in [2.75, 3.05) is 13.1 Å². The molecule has 1 aromatic rings. The summed E-state index contributed by atoms with van der Waals surface area (Å²) in [7, 11) is 0. The second kappa shape index (κ2) is 6.19. The fourth-order valence-corrected chi connectivity index (χ4v) is 1.66. The molecule has 0 saturated heterocycles. The molecule has 0 saturated carbocycles. The summed E-state index contributed by atoms with van der Waals surface area (Å²) in [5.41, 5.74) is 0.796. The highest BCUT2D eigenvalue weighted by Crippen LogP contribution is 2.22. The van der Waals surface area contributed by atoms with Crippen LogP contribution in [0.3, 0.4) is 0 Å². The molecular formula is C13H14ClNO. The molecule has 0 bridgehead atoms. The van der Waals surface area contributed by atoms with Crippen molar-refractivity contribution in [2.45, 2.75) is 12.3 Å². The predicted octanol–water partition coefficient (Wildman–Crippen LogP) is 2.45. The van der Waals surface area contributed by atoms with Gasteiger partial charge in [0.1, 0.15) is 5.38 Å². The smallest absolute Gasteiger partial charge is 0.245 e. The highest BCUT2D eigenvalue weighted by molar-refractivity contribution is 6.30.